The van der Waals surface area contributed by atoms with E-state index in [4.69, 9.17) is 11.6 Å². The number of benzene rings is 2. The molecule has 1 heterocycles. The van der Waals surface area contributed by atoms with Crippen molar-refractivity contribution in [1.29, 1.82) is 0 Å². The van der Waals surface area contributed by atoms with Gasteiger partial charge < -0.3 is 15.5 Å². The van der Waals surface area contributed by atoms with Crippen LogP contribution >= 0.6 is 11.6 Å². The molecule has 0 bridgehead atoms. The van der Waals surface area contributed by atoms with Gasteiger partial charge in [0, 0.05) is 29.2 Å². The van der Waals surface area contributed by atoms with Gasteiger partial charge in [0.2, 0.25) is 11.8 Å². The van der Waals surface area contributed by atoms with Gasteiger partial charge in [-0.1, -0.05) is 23.7 Å². The second-order valence-electron chi connectivity index (χ2n) is 8.12. The molecule has 6 nitrogen and oxygen atoms in total. The van der Waals surface area contributed by atoms with Gasteiger partial charge in [-0.2, -0.15) is 0 Å². The highest BCUT2D eigenvalue weighted by molar-refractivity contribution is 6.30. The lowest BCUT2D eigenvalue weighted by molar-refractivity contribution is -0.122. The molecule has 1 unspecified atom stereocenters. The van der Waals surface area contributed by atoms with Gasteiger partial charge in [0.05, 0.1) is 17.2 Å². The van der Waals surface area contributed by atoms with Gasteiger partial charge >= 0.3 is 0 Å². The monoisotopic (exact) mass is 413 g/mol. The first kappa shape index (κ1) is 20.9. The summed E-state index contributed by atoms with van der Waals surface area (Å²) in [7, 11) is 0. The summed E-state index contributed by atoms with van der Waals surface area (Å²) in [5, 5.41) is 6.30. The number of carbonyl (C=O) groups excluding carboxylic acids is 3. The topological polar surface area (TPSA) is 78.5 Å². The minimum Gasteiger partial charge on any atom is -0.347 e. The second-order valence-corrected chi connectivity index (χ2v) is 8.56. The molecule has 0 saturated carbocycles. The summed E-state index contributed by atoms with van der Waals surface area (Å²) in [5.74, 6) is -1.17. The third-order valence-corrected chi connectivity index (χ3v) is 4.80. The molecule has 3 amide bonds. The molecule has 1 aliphatic rings. The van der Waals surface area contributed by atoms with Crippen molar-refractivity contribution in [2.75, 3.05) is 16.8 Å². The number of hydrogen-bond donors (Lipinski definition) is 2. The number of amides is 3. The Balaban J connectivity index is 1.72. The third kappa shape index (κ3) is 5.15. The minimum atomic E-state index is -0.503. The number of anilines is 2. The average molecular weight is 414 g/mol. The molecule has 1 saturated heterocycles. The van der Waals surface area contributed by atoms with Crippen molar-refractivity contribution in [2.45, 2.75) is 32.7 Å². The van der Waals surface area contributed by atoms with Gasteiger partial charge in [0.1, 0.15) is 0 Å². The first-order valence-corrected chi connectivity index (χ1v) is 9.80. The van der Waals surface area contributed by atoms with E-state index < -0.39 is 11.5 Å². The summed E-state index contributed by atoms with van der Waals surface area (Å²) in [6.45, 7) is 5.95. The van der Waals surface area contributed by atoms with Crippen LogP contribution in [0.2, 0.25) is 5.02 Å². The maximum atomic E-state index is 12.8. The van der Waals surface area contributed by atoms with E-state index in [1.165, 1.54) is 0 Å². The number of rotatable bonds is 4. The van der Waals surface area contributed by atoms with Crippen LogP contribution in [0.4, 0.5) is 11.4 Å². The standard InChI is InChI=1S/C22H24ClN3O3/c1-22(2,3)25-21(29)17-6-4-5-7-18(17)24-20(28)14-12-19(27)26(13-14)16-10-8-15(23)9-11-16/h4-11,14H,12-13H2,1-3H3,(H,24,28)(H,25,29). The Kier molecular flexibility index (Phi) is 5.94. The molecule has 29 heavy (non-hydrogen) atoms. The van der Waals surface area contributed by atoms with Crippen molar-refractivity contribution in [3.05, 3.63) is 59.1 Å². The maximum absolute atomic E-state index is 12.8. The lowest BCUT2D eigenvalue weighted by atomic mass is 10.1. The molecule has 1 aliphatic heterocycles. The number of carbonyl (C=O) groups is 3. The summed E-state index contributed by atoms with van der Waals surface area (Å²) in [6, 6.07) is 13.8. The average Bonchev–Trinajstić information content (AvgIpc) is 3.03. The van der Waals surface area contributed by atoms with E-state index in [-0.39, 0.29) is 30.7 Å². The predicted molar refractivity (Wildman–Crippen MR) is 114 cm³/mol. The lowest BCUT2D eigenvalue weighted by Crippen LogP contribution is -2.41. The highest BCUT2D eigenvalue weighted by Crippen LogP contribution is 2.27. The number of halogens is 1. The Bertz CT molecular complexity index is 935. The van der Waals surface area contributed by atoms with E-state index in [9.17, 15) is 14.4 Å². The van der Waals surface area contributed by atoms with E-state index in [2.05, 4.69) is 10.6 Å². The van der Waals surface area contributed by atoms with Crippen LogP contribution in [0, 0.1) is 5.92 Å². The van der Waals surface area contributed by atoms with Crippen LogP contribution in [-0.2, 0) is 9.59 Å². The van der Waals surface area contributed by atoms with Crippen molar-refractivity contribution in [3.8, 4) is 0 Å². The molecule has 3 rings (SSSR count). The zero-order chi connectivity index (χ0) is 21.2. The van der Waals surface area contributed by atoms with Crippen LogP contribution in [0.5, 0.6) is 0 Å². The number of nitrogens with zero attached hydrogens (tertiary/aromatic N) is 1. The molecular formula is C22H24ClN3O3. The smallest absolute Gasteiger partial charge is 0.253 e. The summed E-state index contributed by atoms with van der Waals surface area (Å²) >= 11 is 5.90. The number of nitrogens with one attached hydrogen (secondary N) is 2. The fraction of sp³-hybridized carbons (Fsp3) is 0.318. The fourth-order valence-electron chi connectivity index (χ4n) is 3.19. The maximum Gasteiger partial charge on any atom is 0.253 e. The zero-order valence-electron chi connectivity index (χ0n) is 16.7. The second kappa shape index (κ2) is 8.25. The van der Waals surface area contributed by atoms with Crippen LogP contribution in [0.3, 0.4) is 0 Å². The summed E-state index contributed by atoms with van der Waals surface area (Å²) in [5.41, 5.74) is 1.12. The van der Waals surface area contributed by atoms with Gasteiger partial charge in [-0.15, -0.1) is 0 Å². The van der Waals surface area contributed by atoms with E-state index in [0.717, 1.165) is 0 Å². The quantitative estimate of drug-likeness (QED) is 0.798. The Morgan fingerprint density at radius 2 is 1.72 bits per heavy atom. The molecule has 2 N–H and O–H groups in total. The Morgan fingerprint density at radius 3 is 2.38 bits per heavy atom. The third-order valence-electron chi connectivity index (χ3n) is 4.55. The summed E-state index contributed by atoms with van der Waals surface area (Å²) in [4.78, 5) is 39.4. The van der Waals surface area contributed by atoms with Crippen LogP contribution in [0.15, 0.2) is 48.5 Å². The lowest BCUT2D eigenvalue weighted by Gasteiger charge is -2.22. The van der Waals surface area contributed by atoms with Gasteiger partial charge in [-0.3, -0.25) is 14.4 Å². The molecule has 2 aromatic carbocycles. The first-order valence-electron chi connectivity index (χ1n) is 9.42. The Hall–Kier alpha value is -2.86. The predicted octanol–water partition coefficient (Wildman–Crippen LogP) is 3.86. The molecule has 0 radical (unpaired) electrons. The van der Waals surface area contributed by atoms with Crippen LogP contribution < -0.4 is 15.5 Å². The van der Waals surface area contributed by atoms with Crippen molar-refractivity contribution in [2.24, 2.45) is 5.92 Å². The molecule has 0 aromatic heterocycles. The normalized spacial score (nSPS) is 16.6. The van der Waals surface area contributed by atoms with E-state index in [1.54, 1.807) is 53.4 Å². The molecule has 0 aliphatic carbocycles. The van der Waals surface area contributed by atoms with Gasteiger partial charge in [-0.05, 0) is 57.2 Å². The molecule has 1 atom stereocenters. The zero-order valence-corrected chi connectivity index (χ0v) is 17.4. The van der Waals surface area contributed by atoms with Crippen molar-refractivity contribution in [1.82, 2.24) is 5.32 Å². The minimum absolute atomic E-state index is 0.116. The highest BCUT2D eigenvalue weighted by Gasteiger charge is 2.35. The van der Waals surface area contributed by atoms with E-state index >= 15 is 0 Å². The van der Waals surface area contributed by atoms with E-state index in [0.29, 0.717) is 22.0 Å². The van der Waals surface area contributed by atoms with Crippen LogP contribution in [0.25, 0.3) is 0 Å². The Morgan fingerprint density at radius 1 is 1.07 bits per heavy atom. The number of hydrogen-bond acceptors (Lipinski definition) is 3. The molecule has 152 valence electrons. The summed E-state index contributed by atoms with van der Waals surface area (Å²) < 4.78 is 0. The molecule has 2 aromatic rings. The van der Waals surface area contributed by atoms with Crippen LogP contribution in [0.1, 0.15) is 37.6 Å². The molecule has 7 heteroatoms. The van der Waals surface area contributed by atoms with Crippen molar-refractivity contribution in [3.63, 3.8) is 0 Å². The Labute approximate surface area is 175 Å². The van der Waals surface area contributed by atoms with Crippen molar-refractivity contribution >= 4 is 40.7 Å². The largest absolute Gasteiger partial charge is 0.347 e. The summed E-state index contributed by atoms with van der Waals surface area (Å²) in [6.07, 6.45) is 0.116. The van der Waals surface area contributed by atoms with E-state index in [1.807, 2.05) is 20.8 Å². The number of para-hydroxylation sites is 1. The molecule has 0 spiro atoms. The van der Waals surface area contributed by atoms with Crippen molar-refractivity contribution < 1.29 is 14.4 Å². The van der Waals surface area contributed by atoms with Gasteiger partial charge in [-0.25, -0.2) is 0 Å². The van der Waals surface area contributed by atoms with Gasteiger partial charge in [0.15, 0.2) is 0 Å². The molecular weight excluding hydrogens is 390 g/mol. The molecule has 1 fully saturated rings. The van der Waals surface area contributed by atoms with Crippen LogP contribution in [-0.4, -0.2) is 29.8 Å². The van der Waals surface area contributed by atoms with Gasteiger partial charge in [0.25, 0.3) is 5.91 Å². The first-order chi connectivity index (χ1) is 13.6. The highest BCUT2D eigenvalue weighted by atomic mass is 35.5. The fourth-order valence-corrected chi connectivity index (χ4v) is 3.31. The SMILES string of the molecule is CC(C)(C)NC(=O)c1ccccc1NC(=O)C1CC(=O)N(c2ccc(Cl)cc2)C1.